The summed E-state index contributed by atoms with van der Waals surface area (Å²) >= 11 is 0. The molecule has 1 aromatic carbocycles. The summed E-state index contributed by atoms with van der Waals surface area (Å²) in [5, 5.41) is 2.79. The Morgan fingerprint density at radius 2 is 2.09 bits per heavy atom. The van der Waals surface area contributed by atoms with Gasteiger partial charge in [0.25, 0.3) is 0 Å². The SMILES string of the molecule is CCOC(=O)C=Cc1ccc(NC(=O)Cn2ccnc2)cc1. The third kappa shape index (κ3) is 4.90. The fraction of sp³-hybridized carbons (Fsp3) is 0.188. The predicted octanol–water partition coefficient (Wildman–Crippen LogP) is 2.10. The highest BCUT2D eigenvalue weighted by Gasteiger charge is 2.03. The molecule has 1 amide bonds. The van der Waals surface area contributed by atoms with Gasteiger partial charge in [0.2, 0.25) is 5.91 Å². The number of benzene rings is 1. The second kappa shape index (κ2) is 7.78. The normalized spacial score (nSPS) is 10.6. The lowest BCUT2D eigenvalue weighted by Crippen LogP contribution is -2.17. The van der Waals surface area contributed by atoms with Crippen molar-refractivity contribution in [3.05, 3.63) is 54.6 Å². The summed E-state index contributed by atoms with van der Waals surface area (Å²) in [5.74, 6) is -0.506. The van der Waals surface area contributed by atoms with Gasteiger partial charge in [-0.1, -0.05) is 12.1 Å². The summed E-state index contributed by atoms with van der Waals surface area (Å²) < 4.78 is 6.49. The van der Waals surface area contributed by atoms with E-state index < -0.39 is 0 Å². The van der Waals surface area contributed by atoms with Gasteiger partial charge in [0, 0.05) is 24.2 Å². The van der Waals surface area contributed by atoms with E-state index in [1.165, 1.54) is 6.08 Å². The number of amides is 1. The van der Waals surface area contributed by atoms with Gasteiger partial charge in [0.15, 0.2) is 0 Å². The Bertz CT molecular complexity index is 646. The van der Waals surface area contributed by atoms with Gasteiger partial charge >= 0.3 is 5.97 Å². The lowest BCUT2D eigenvalue weighted by Gasteiger charge is -2.06. The Balaban J connectivity index is 1.88. The van der Waals surface area contributed by atoms with E-state index in [4.69, 9.17) is 4.74 Å². The molecule has 114 valence electrons. The number of hydrogen-bond acceptors (Lipinski definition) is 4. The van der Waals surface area contributed by atoms with E-state index in [9.17, 15) is 9.59 Å². The number of imidazole rings is 1. The molecule has 1 aromatic heterocycles. The van der Waals surface area contributed by atoms with Crippen LogP contribution in [0.2, 0.25) is 0 Å². The molecule has 0 saturated carbocycles. The van der Waals surface area contributed by atoms with Crippen molar-refractivity contribution in [2.75, 3.05) is 11.9 Å². The van der Waals surface area contributed by atoms with Crippen molar-refractivity contribution in [1.82, 2.24) is 9.55 Å². The van der Waals surface area contributed by atoms with E-state index in [2.05, 4.69) is 10.3 Å². The standard InChI is InChI=1S/C16H17N3O3/c1-2-22-16(21)8-5-13-3-6-14(7-4-13)18-15(20)11-19-10-9-17-12-19/h3-10,12H,2,11H2,1H3,(H,18,20). The highest BCUT2D eigenvalue weighted by Crippen LogP contribution is 2.11. The number of nitrogens with zero attached hydrogens (tertiary/aromatic N) is 2. The van der Waals surface area contributed by atoms with Crippen molar-refractivity contribution < 1.29 is 14.3 Å². The topological polar surface area (TPSA) is 73.2 Å². The summed E-state index contributed by atoms with van der Waals surface area (Å²) in [6.07, 6.45) is 7.97. The van der Waals surface area contributed by atoms with Crippen LogP contribution in [0.1, 0.15) is 12.5 Å². The van der Waals surface area contributed by atoms with Crippen LogP contribution in [0.3, 0.4) is 0 Å². The molecule has 0 unspecified atom stereocenters. The molecule has 0 aliphatic heterocycles. The monoisotopic (exact) mass is 299 g/mol. The maximum Gasteiger partial charge on any atom is 0.330 e. The Morgan fingerprint density at radius 1 is 1.32 bits per heavy atom. The third-order valence-corrected chi connectivity index (χ3v) is 2.78. The van der Waals surface area contributed by atoms with Crippen molar-refractivity contribution >= 4 is 23.6 Å². The van der Waals surface area contributed by atoms with E-state index in [-0.39, 0.29) is 18.4 Å². The lowest BCUT2D eigenvalue weighted by atomic mass is 10.2. The van der Waals surface area contributed by atoms with E-state index in [1.807, 2.05) is 12.1 Å². The minimum atomic E-state index is -0.375. The number of aromatic nitrogens is 2. The van der Waals surface area contributed by atoms with E-state index in [0.717, 1.165) is 5.56 Å². The average Bonchev–Trinajstić information content (AvgIpc) is 2.99. The molecule has 0 saturated heterocycles. The van der Waals surface area contributed by atoms with E-state index in [0.29, 0.717) is 12.3 Å². The van der Waals surface area contributed by atoms with Crippen LogP contribution in [0.5, 0.6) is 0 Å². The molecular weight excluding hydrogens is 282 g/mol. The van der Waals surface area contributed by atoms with Crippen molar-refractivity contribution in [3.63, 3.8) is 0 Å². The van der Waals surface area contributed by atoms with Crippen LogP contribution >= 0.6 is 0 Å². The third-order valence-electron chi connectivity index (χ3n) is 2.78. The fourth-order valence-electron chi connectivity index (χ4n) is 1.78. The number of rotatable bonds is 6. The fourth-order valence-corrected chi connectivity index (χ4v) is 1.78. The number of nitrogens with one attached hydrogen (secondary N) is 1. The maximum atomic E-state index is 11.8. The first kappa shape index (κ1) is 15.5. The smallest absolute Gasteiger partial charge is 0.330 e. The van der Waals surface area contributed by atoms with Gasteiger partial charge in [0.05, 0.1) is 12.9 Å². The molecule has 0 bridgehead atoms. The molecular formula is C16H17N3O3. The molecule has 0 fully saturated rings. The highest BCUT2D eigenvalue weighted by molar-refractivity contribution is 5.91. The summed E-state index contributed by atoms with van der Waals surface area (Å²) in [4.78, 5) is 26.9. The second-order valence-corrected chi connectivity index (χ2v) is 4.49. The minimum absolute atomic E-state index is 0.132. The molecule has 0 radical (unpaired) electrons. The molecule has 0 atom stereocenters. The molecule has 0 spiro atoms. The number of esters is 1. The largest absolute Gasteiger partial charge is 0.463 e. The summed E-state index contributed by atoms with van der Waals surface area (Å²) in [6.45, 7) is 2.32. The number of anilines is 1. The first-order valence-corrected chi connectivity index (χ1v) is 6.88. The highest BCUT2D eigenvalue weighted by atomic mass is 16.5. The van der Waals surface area contributed by atoms with Gasteiger partial charge in [-0.25, -0.2) is 9.78 Å². The molecule has 22 heavy (non-hydrogen) atoms. The summed E-state index contributed by atoms with van der Waals surface area (Å²) in [7, 11) is 0. The van der Waals surface area contributed by atoms with Gasteiger partial charge in [-0.15, -0.1) is 0 Å². The Kier molecular flexibility index (Phi) is 5.48. The second-order valence-electron chi connectivity index (χ2n) is 4.49. The molecule has 6 heteroatoms. The average molecular weight is 299 g/mol. The van der Waals surface area contributed by atoms with Crippen LogP contribution in [0, 0.1) is 0 Å². The molecule has 2 rings (SSSR count). The van der Waals surface area contributed by atoms with E-state index in [1.54, 1.807) is 48.4 Å². The molecule has 1 heterocycles. The number of hydrogen-bond donors (Lipinski definition) is 1. The van der Waals surface area contributed by atoms with Crippen molar-refractivity contribution in [3.8, 4) is 0 Å². The van der Waals surface area contributed by atoms with Crippen molar-refractivity contribution in [1.29, 1.82) is 0 Å². The van der Waals surface area contributed by atoms with Gasteiger partial charge < -0.3 is 14.6 Å². The molecule has 6 nitrogen and oxygen atoms in total. The van der Waals surface area contributed by atoms with Gasteiger partial charge in [-0.3, -0.25) is 4.79 Å². The summed E-state index contributed by atoms with van der Waals surface area (Å²) in [5.41, 5.74) is 1.54. The Labute approximate surface area is 128 Å². The minimum Gasteiger partial charge on any atom is -0.463 e. The molecule has 0 aliphatic rings. The van der Waals surface area contributed by atoms with Crippen LogP contribution in [-0.2, 0) is 20.9 Å². The van der Waals surface area contributed by atoms with Crippen molar-refractivity contribution in [2.24, 2.45) is 0 Å². The predicted molar refractivity (Wildman–Crippen MR) is 83.0 cm³/mol. The van der Waals surface area contributed by atoms with E-state index >= 15 is 0 Å². The van der Waals surface area contributed by atoms with Crippen LogP contribution in [0.4, 0.5) is 5.69 Å². The van der Waals surface area contributed by atoms with Gasteiger partial charge in [-0.05, 0) is 30.7 Å². The first-order chi connectivity index (χ1) is 10.7. The zero-order valence-electron chi connectivity index (χ0n) is 12.2. The molecule has 1 N–H and O–H groups in total. The lowest BCUT2D eigenvalue weighted by molar-refractivity contribution is -0.137. The van der Waals surface area contributed by atoms with Crippen LogP contribution < -0.4 is 5.32 Å². The maximum absolute atomic E-state index is 11.8. The van der Waals surface area contributed by atoms with Gasteiger partial charge in [0.1, 0.15) is 6.54 Å². The molecule has 2 aromatic rings. The van der Waals surface area contributed by atoms with Crippen LogP contribution in [0.15, 0.2) is 49.1 Å². The number of carbonyl (C=O) groups is 2. The Hall–Kier alpha value is -2.89. The summed E-state index contributed by atoms with van der Waals surface area (Å²) in [6, 6.07) is 7.17. The molecule has 0 aliphatic carbocycles. The zero-order valence-corrected chi connectivity index (χ0v) is 12.2. The zero-order chi connectivity index (χ0) is 15.8. The first-order valence-electron chi connectivity index (χ1n) is 6.88. The quantitative estimate of drug-likeness (QED) is 0.655. The Morgan fingerprint density at radius 3 is 2.73 bits per heavy atom. The number of ether oxygens (including phenoxy) is 1. The van der Waals surface area contributed by atoms with Gasteiger partial charge in [-0.2, -0.15) is 0 Å². The number of carbonyl (C=O) groups excluding carboxylic acids is 2. The van der Waals surface area contributed by atoms with Crippen LogP contribution in [-0.4, -0.2) is 28.0 Å². The van der Waals surface area contributed by atoms with Crippen molar-refractivity contribution in [2.45, 2.75) is 13.5 Å². The van der Waals surface area contributed by atoms with Crippen LogP contribution in [0.25, 0.3) is 6.08 Å².